The van der Waals surface area contributed by atoms with Gasteiger partial charge in [-0.05, 0) is 224 Å². The Balaban J connectivity index is 0.000000134. The Kier molecular flexibility index (Phi) is 18.6. The largest absolute Gasteiger partial charge is 0.308 e. The first-order valence-corrected chi connectivity index (χ1v) is 51.3. The van der Waals surface area contributed by atoms with Gasteiger partial charge in [-0.25, -0.2) is 0 Å². The fraction of sp³-hybridized carbons (Fsp3) is 0. The Morgan fingerprint density at radius 1 is 0.108 bits per heavy atom. The van der Waals surface area contributed by atoms with Crippen LogP contribution in [0.25, 0.3) is 307 Å². The van der Waals surface area contributed by atoms with E-state index in [1.165, 1.54) is 295 Å². The molecule has 0 fully saturated rings. The number of hydrogen-bond donors (Lipinski definition) is 0. The van der Waals surface area contributed by atoms with E-state index in [1.807, 2.05) is 0 Å². The highest BCUT2D eigenvalue weighted by Crippen LogP contribution is 2.57. The third-order valence-corrected chi connectivity index (χ3v) is 31.9. The predicted molar refractivity (Wildman–Crippen MR) is 631 cm³/mol. The molecular formula is C144H88N4. The van der Waals surface area contributed by atoms with Crippen molar-refractivity contribution in [3.63, 3.8) is 0 Å². The highest BCUT2D eigenvalue weighted by atomic mass is 15.0. The summed E-state index contributed by atoms with van der Waals surface area (Å²) in [7, 11) is 0. The molecule has 0 saturated heterocycles. The second-order valence-corrected chi connectivity index (χ2v) is 39.8. The smallest absolute Gasteiger partial charge is 0.0620 e. The van der Waals surface area contributed by atoms with Crippen LogP contribution in [-0.4, -0.2) is 18.3 Å². The van der Waals surface area contributed by atoms with Gasteiger partial charge in [0, 0.05) is 87.5 Å². The van der Waals surface area contributed by atoms with Gasteiger partial charge >= 0.3 is 0 Å². The van der Waals surface area contributed by atoms with Gasteiger partial charge < -0.3 is 18.3 Å². The van der Waals surface area contributed by atoms with Crippen molar-refractivity contribution in [1.29, 1.82) is 0 Å². The maximum Gasteiger partial charge on any atom is 0.0620 e. The average molecular weight is 1870 g/mol. The third kappa shape index (κ3) is 12.5. The van der Waals surface area contributed by atoms with Crippen LogP contribution >= 0.6 is 0 Å². The van der Waals surface area contributed by atoms with Crippen LogP contribution in [0.4, 0.5) is 0 Å². The topological polar surface area (TPSA) is 19.7 Å². The van der Waals surface area contributed by atoms with Gasteiger partial charge in [0.2, 0.25) is 0 Å². The van der Waals surface area contributed by atoms with Crippen molar-refractivity contribution in [1.82, 2.24) is 18.3 Å². The zero-order valence-corrected chi connectivity index (χ0v) is 80.6. The molecule has 4 nitrogen and oxygen atoms in total. The minimum Gasteiger partial charge on any atom is -0.308 e. The van der Waals surface area contributed by atoms with Crippen LogP contribution in [0.15, 0.2) is 534 Å². The van der Waals surface area contributed by atoms with Crippen LogP contribution in [0.5, 0.6) is 0 Å². The Morgan fingerprint density at radius 3 is 0.595 bits per heavy atom. The molecule has 28 aromatic carbocycles. The molecule has 32 rings (SSSR count). The molecule has 0 aliphatic rings. The van der Waals surface area contributed by atoms with Gasteiger partial charge in [-0.1, -0.05) is 473 Å². The lowest BCUT2D eigenvalue weighted by molar-refractivity contribution is 1.14. The molecule has 0 atom stereocenters. The Labute approximate surface area is 852 Å². The predicted octanol–water partition coefficient (Wildman–Crippen LogP) is 39.5. The molecule has 0 aliphatic carbocycles. The molecule has 32 aromatic rings. The van der Waals surface area contributed by atoms with Gasteiger partial charge in [0.25, 0.3) is 0 Å². The first kappa shape index (κ1) is 83.1. The summed E-state index contributed by atoms with van der Waals surface area (Å²) < 4.78 is 10.4. The summed E-state index contributed by atoms with van der Waals surface area (Å²) in [5.41, 5.74) is 28.5. The van der Waals surface area contributed by atoms with E-state index in [9.17, 15) is 0 Å². The fourth-order valence-corrected chi connectivity index (χ4v) is 25.8. The van der Waals surface area contributed by atoms with E-state index in [2.05, 4.69) is 552 Å². The maximum absolute atomic E-state index is 2.62. The summed E-state index contributed by atoms with van der Waals surface area (Å²) in [6, 6.07) is 199. The molecule has 4 aromatic heterocycles. The summed E-state index contributed by atoms with van der Waals surface area (Å²) in [4.78, 5) is 0. The number of rotatable bonds is 12. The summed E-state index contributed by atoms with van der Waals surface area (Å²) >= 11 is 0. The van der Waals surface area contributed by atoms with Gasteiger partial charge in [-0.2, -0.15) is 0 Å². The first-order chi connectivity index (χ1) is 73.5. The number of aromatic nitrogens is 4. The summed E-state index contributed by atoms with van der Waals surface area (Å²) in [5.74, 6) is 0. The molecule has 684 valence electrons. The average Bonchev–Trinajstić information content (AvgIpc) is 1.51. The van der Waals surface area contributed by atoms with E-state index >= 15 is 0 Å². The van der Waals surface area contributed by atoms with Crippen molar-refractivity contribution in [2.75, 3.05) is 0 Å². The van der Waals surface area contributed by atoms with Crippen molar-refractivity contribution in [3.05, 3.63) is 534 Å². The van der Waals surface area contributed by atoms with Crippen LogP contribution < -0.4 is 0 Å². The van der Waals surface area contributed by atoms with Crippen LogP contribution in [0.3, 0.4) is 0 Å². The monoisotopic (exact) mass is 1870 g/mol. The molecule has 0 aliphatic heterocycles. The highest BCUT2D eigenvalue weighted by Gasteiger charge is 2.34. The first-order valence-electron chi connectivity index (χ1n) is 51.3. The minimum atomic E-state index is 1.13. The molecule has 4 heterocycles. The number of benzene rings is 28. The van der Waals surface area contributed by atoms with E-state index in [0.29, 0.717) is 0 Å². The number of nitrogens with zero attached hydrogens (tertiary/aromatic N) is 4. The standard InChI is InChI=1S/2C72H44N2/c1-5-21-45(22-6-1)67-61-41-51-37-40-60-66-52(38-39-59(65(51)66)71(61)73(69(67)47-25-9-3-10-26-47)63-43-49-29-13-15-31-53(49)55-33-17-19-35-57(55)63)42-62-68(46-23-7-2-8-24-46)70(48-27-11-4-12-28-48)74(72(60)62)64-44-50-30-14-16-32-54(50)56-34-18-20-36-58(56)64;1-5-19-47(20-6-1)67-63-43-53-33-38-62-66-54(34-37-61(65(53)66)71(63)73(69(67)49-23-9-3-10-24-49)55-35-39-59-51(41-55)31-29-45-17-13-15-27-57(45)59)44-64-68(48-21-7-2-8-22-48)70(50-25-11-4-12-26-50)74(72(62)64)56-36-40-60-52(42-56)32-30-46-18-14-16-28-58(46)60/h2*1-44H. The minimum absolute atomic E-state index is 1.13. The molecule has 0 spiro atoms. The molecule has 0 saturated carbocycles. The van der Waals surface area contributed by atoms with Gasteiger partial charge in [0.1, 0.15) is 0 Å². The molecular weight excluding hydrogens is 1790 g/mol. The quantitative estimate of drug-likeness (QED) is 0.109. The van der Waals surface area contributed by atoms with Crippen molar-refractivity contribution in [3.8, 4) is 112 Å². The Morgan fingerprint density at radius 2 is 0.304 bits per heavy atom. The van der Waals surface area contributed by atoms with E-state index in [4.69, 9.17) is 0 Å². The van der Waals surface area contributed by atoms with Crippen molar-refractivity contribution < 1.29 is 0 Å². The summed E-state index contributed by atoms with van der Waals surface area (Å²) in [6.07, 6.45) is 0. The second-order valence-electron chi connectivity index (χ2n) is 39.8. The van der Waals surface area contributed by atoms with E-state index < -0.39 is 0 Å². The number of fused-ring (bicyclic) bond motifs is 20. The van der Waals surface area contributed by atoms with Crippen LogP contribution in [0, 0.1) is 0 Å². The van der Waals surface area contributed by atoms with E-state index in [-0.39, 0.29) is 0 Å². The molecule has 4 heteroatoms. The van der Waals surface area contributed by atoms with Gasteiger partial charge in [0.05, 0.1) is 56.2 Å². The molecule has 0 radical (unpaired) electrons. The Bertz CT molecular complexity index is 10500. The van der Waals surface area contributed by atoms with Crippen LogP contribution in [-0.2, 0) is 0 Å². The number of hydrogen-bond acceptors (Lipinski definition) is 0. The molecule has 0 amide bonds. The van der Waals surface area contributed by atoms with Crippen molar-refractivity contribution in [2.45, 2.75) is 0 Å². The van der Waals surface area contributed by atoms with Gasteiger partial charge in [-0.3, -0.25) is 0 Å². The SMILES string of the molecule is c1ccc(-c2c(-c3ccccc3)n(-c3cc4ccccc4c4ccccc34)c3c2cc2ccc4c5c(ccc3c25)cc2c(-c3ccccc3)c(-c3ccccc3)n(-c3cc5ccccc5c5ccccc35)c24)cc1.c1ccc(-c2c(-c3ccccc3)n(-c3ccc4c(ccc5ccccc54)c3)c3c2cc2ccc4c5c(ccc3c25)cc2c(-c3ccccc3)c(-c3ccccc3)n(-c3ccc5c(ccc6ccccc65)c3)c24)cc1. The van der Waals surface area contributed by atoms with Crippen LogP contribution in [0.1, 0.15) is 0 Å². The normalized spacial score (nSPS) is 12.1. The third-order valence-electron chi connectivity index (χ3n) is 31.9. The van der Waals surface area contributed by atoms with Crippen LogP contribution in [0.2, 0.25) is 0 Å². The van der Waals surface area contributed by atoms with Crippen molar-refractivity contribution in [2.24, 2.45) is 0 Å². The maximum atomic E-state index is 2.62. The molecule has 0 N–H and O–H groups in total. The fourth-order valence-electron chi connectivity index (χ4n) is 25.8. The lowest BCUT2D eigenvalue weighted by atomic mass is 9.89. The zero-order valence-electron chi connectivity index (χ0n) is 80.6. The second kappa shape index (κ2) is 33.0. The van der Waals surface area contributed by atoms with E-state index in [1.54, 1.807) is 0 Å². The van der Waals surface area contributed by atoms with Gasteiger partial charge in [-0.15, -0.1) is 0 Å². The zero-order chi connectivity index (χ0) is 96.9. The lowest BCUT2D eigenvalue weighted by Gasteiger charge is -2.20. The summed E-state index contributed by atoms with van der Waals surface area (Å²) in [5, 5.41) is 39.7. The molecule has 0 bridgehead atoms. The van der Waals surface area contributed by atoms with E-state index in [0.717, 1.165) is 11.4 Å². The highest BCUT2D eigenvalue weighted by molar-refractivity contribution is 6.38. The van der Waals surface area contributed by atoms with Gasteiger partial charge in [0.15, 0.2) is 0 Å². The lowest BCUT2D eigenvalue weighted by Crippen LogP contribution is -2.01. The molecule has 148 heavy (non-hydrogen) atoms. The summed E-state index contributed by atoms with van der Waals surface area (Å²) in [6.45, 7) is 0. The van der Waals surface area contributed by atoms with Crippen molar-refractivity contribution >= 4 is 194 Å². The Hall–Kier alpha value is -19.5. The molecule has 0 unspecified atom stereocenters.